The molecule has 0 unspecified atom stereocenters. The number of hydrogen-bond donors (Lipinski definition) is 1. The lowest BCUT2D eigenvalue weighted by molar-refractivity contribution is -0.384. The van der Waals surface area contributed by atoms with E-state index >= 15 is 0 Å². The van der Waals surface area contributed by atoms with E-state index in [1.54, 1.807) is 23.5 Å². The van der Waals surface area contributed by atoms with Gasteiger partial charge in [-0.25, -0.2) is 0 Å². The number of nitrogens with zero attached hydrogens (tertiary/aromatic N) is 2. The van der Waals surface area contributed by atoms with Gasteiger partial charge in [-0.3, -0.25) is 10.1 Å². The van der Waals surface area contributed by atoms with Crippen molar-refractivity contribution >= 4 is 17.0 Å². The van der Waals surface area contributed by atoms with Gasteiger partial charge in [0.1, 0.15) is 0 Å². The third kappa shape index (κ3) is 4.45. The fourth-order valence-electron chi connectivity index (χ4n) is 3.32. The van der Waals surface area contributed by atoms with Crippen LogP contribution in [0.3, 0.4) is 0 Å². The summed E-state index contributed by atoms with van der Waals surface area (Å²) in [5, 5.41) is 14.9. The first-order chi connectivity index (χ1) is 12.0. The van der Waals surface area contributed by atoms with Gasteiger partial charge < -0.3 is 10.2 Å². The molecule has 1 fully saturated rings. The van der Waals surface area contributed by atoms with E-state index in [1.165, 1.54) is 17.7 Å². The normalized spacial score (nSPS) is 16.4. The highest BCUT2D eigenvalue weighted by Crippen LogP contribution is 2.34. The molecule has 0 bridgehead atoms. The molecule has 0 spiro atoms. The molecule has 0 saturated carbocycles. The fraction of sp³-hybridized carbons (Fsp3) is 0.474. The summed E-state index contributed by atoms with van der Waals surface area (Å²) in [5.41, 5.74) is 0.874. The minimum Gasteiger partial charge on any atom is -0.309 e. The predicted molar refractivity (Wildman–Crippen MR) is 103 cm³/mol. The van der Waals surface area contributed by atoms with Gasteiger partial charge in [0.15, 0.2) is 0 Å². The van der Waals surface area contributed by atoms with Crippen LogP contribution in [0, 0.1) is 10.1 Å². The quantitative estimate of drug-likeness (QED) is 0.617. The average molecular weight is 359 g/mol. The summed E-state index contributed by atoms with van der Waals surface area (Å²) in [5.74, 6) is 0. The Morgan fingerprint density at radius 1 is 1.24 bits per heavy atom. The van der Waals surface area contributed by atoms with Crippen molar-refractivity contribution in [1.29, 1.82) is 0 Å². The van der Waals surface area contributed by atoms with Crippen molar-refractivity contribution in [3.05, 3.63) is 51.4 Å². The van der Waals surface area contributed by atoms with Crippen LogP contribution < -0.4 is 5.32 Å². The van der Waals surface area contributed by atoms with Crippen LogP contribution in [0.1, 0.15) is 31.6 Å². The Kier molecular flexibility index (Phi) is 5.83. The van der Waals surface area contributed by atoms with Gasteiger partial charge in [-0.2, -0.15) is 0 Å². The second kappa shape index (κ2) is 8.08. The Morgan fingerprint density at radius 2 is 1.96 bits per heavy atom. The van der Waals surface area contributed by atoms with Crippen molar-refractivity contribution in [2.45, 2.75) is 45.3 Å². The molecule has 1 aromatic heterocycles. The van der Waals surface area contributed by atoms with Crippen molar-refractivity contribution in [2.75, 3.05) is 13.1 Å². The molecule has 5 nitrogen and oxygen atoms in total. The maximum Gasteiger partial charge on any atom is 0.278 e. The van der Waals surface area contributed by atoms with Crippen LogP contribution in [-0.2, 0) is 6.54 Å². The van der Waals surface area contributed by atoms with Crippen molar-refractivity contribution in [2.24, 2.45) is 0 Å². The maximum atomic E-state index is 11.2. The molecule has 1 aliphatic heterocycles. The van der Waals surface area contributed by atoms with E-state index in [0.29, 0.717) is 17.6 Å². The molecular weight excluding hydrogens is 334 g/mol. The lowest BCUT2D eigenvalue weighted by Gasteiger charge is -2.34. The van der Waals surface area contributed by atoms with Crippen LogP contribution in [0.15, 0.2) is 36.4 Å². The number of nitro groups is 1. The lowest BCUT2D eigenvalue weighted by Crippen LogP contribution is -2.44. The molecule has 0 amide bonds. The van der Waals surface area contributed by atoms with Gasteiger partial charge in [0.25, 0.3) is 5.69 Å². The van der Waals surface area contributed by atoms with E-state index < -0.39 is 0 Å². The molecule has 1 saturated heterocycles. The standard InChI is InChI=1S/C19H25N3O2S/c1-14(2)21-11-9-15(10-12-21)20-13-16-7-8-19(25-16)17-5-3-4-6-18(17)22(23)24/h3-8,14-15,20H,9-13H2,1-2H3. The summed E-state index contributed by atoms with van der Waals surface area (Å²) in [4.78, 5) is 15.6. The summed E-state index contributed by atoms with van der Waals surface area (Å²) in [6.45, 7) is 7.65. The Bertz CT molecular complexity index is 721. The number of hydrogen-bond acceptors (Lipinski definition) is 5. The highest BCUT2D eigenvalue weighted by molar-refractivity contribution is 7.15. The second-order valence-corrected chi connectivity index (χ2v) is 7.99. The Morgan fingerprint density at radius 3 is 2.64 bits per heavy atom. The van der Waals surface area contributed by atoms with Gasteiger partial charge in [0.05, 0.1) is 10.5 Å². The lowest BCUT2D eigenvalue weighted by atomic mass is 10.0. The van der Waals surface area contributed by atoms with Gasteiger partial charge in [0, 0.05) is 34.4 Å². The summed E-state index contributed by atoms with van der Waals surface area (Å²) >= 11 is 1.63. The SMILES string of the molecule is CC(C)N1CCC(NCc2ccc(-c3ccccc3[N+](=O)[O-])s2)CC1. The zero-order valence-electron chi connectivity index (χ0n) is 14.8. The number of para-hydroxylation sites is 1. The highest BCUT2D eigenvalue weighted by Gasteiger charge is 2.21. The van der Waals surface area contributed by atoms with Gasteiger partial charge >= 0.3 is 0 Å². The van der Waals surface area contributed by atoms with Crippen molar-refractivity contribution in [3.8, 4) is 10.4 Å². The molecule has 2 heterocycles. The first-order valence-corrected chi connectivity index (χ1v) is 9.66. The van der Waals surface area contributed by atoms with Gasteiger partial charge in [0.2, 0.25) is 0 Å². The Balaban J connectivity index is 1.59. The Labute approximate surface area is 152 Å². The molecule has 3 rings (SSSR count). The molecule has 0 aliphatic carbocycles. The molecule has 1 aliphatic rings. The van der Waals surface area contributed by atoms with E-state index in [2.05, 4.69) is 30.1 Å². The summed E-state index contributed by atoms with van der Waals surface area (Å²) < 4.78 is 0. The highest BCUT2D eigenvalue weighted by atomic mass is 32.1. The monoisotopic (exact) mass is 359 g/mol. The molecule has 1 N–H and O–H groups in total. The summed E-state index contributed by atoms with van der Waals surface area (Å²) in [7, 11) is 0. The molecule has 25 heavy (non-hydrogen) atoms. The van der Waals surface area contributed by atoms with E-state index in [0.717, 1.165) is 24.5 Å². The number of piperidine rings is 1. The average Bonchev–Trinajstić information content (AvgIpc) is 3.09. The molecule has 0 atom stereocenters. The number of benzene rings is 1. The molecule has 134 valence electrons. The predicted octanol–water partition coefficient (Wildman–Crippen LogP) is 4.29. The number of thiophene rings is 1. The van der Waals surface area contributed by atoms with Crippen LogP contribution in [0.5, 0.6) is 0 Å². The smallest absolute Gasteiger partial charge is 0.278 e. The van der Waals surface area contributed by atoms with Crippen LogP contribution in [0.4, 0.5) is 5.69 Å². The maximum absolute atomic E-state index is 11.2. The van der Waals surface area contributed by atoms with Gasteiger partial charge in [-0.15, -0.1) is 11.3 Å². The van der Waals surface area contributed by atoms with Crippen LogP contribution in [0.25, 0.3) is 10.4 Å². The minimum absolute atomic E-state index is 0.171. The van der Waals surface area contributed by atoms with E-state index in [9.17, 15) is 10.1 Å². The first kappa shape index (κ1) is 18.0. The van der Waals surface area contributed by atoms with Crippen molar-refractivity contribution in [1.82, 2.24) is 10.2 Å². The van der Waals surface area contributed by atoms with E-state index in [1.807, 2.05) is 18.2 Å². The zero-order chi connectivity index (χ0) is 17.8. The van der Waals surface area contributed by atoms with Gasteiger partial charge in [-0.1, -0.05) is 12.1 Å². The number of rotatable bonds is 6. The molecule has 2 aromatic rings. The van der Waals surface area contributed by atoms with Crippen LogP contribution in [0.2, 0.25) is 0 Å². The number of likely N-dealkylation sites (tertiary alicyclic amines) is 1. The fourth-order valence-corrected chi connectivity index (χ4v) is 4.32. The topological polar surface area (TPSA) is 58.4 Å². The molecular formula is C19H25N3O2S. The summed E-state index contributed by atoms with van der Waals surface area (Å²) in [6, 6.07) is 12.2. The van der Waals surface area contributed by atoms with Crippen molar-refractivity contribution in [3.63, 3.8) is 0 Å². The first-order valence-electron chi connectivity index (χ1n) is 8.84. The third-order valence-electron chi connectivity index (χ3n) is 4.85. The second-order valence-electron chi connectivity index (χ2n) is 6.83. The van der Waals surface area contributed by atoms with Crippen LogP contribution in [-0.4, -0.2) is 35.0 Å². The van der Waals surface area contributed by atoms with E-state index in [4.69, 9.17) is 0 Å². The van der Waals surface area contributed by atoms with Gasteiger partial charge in [-0.05, 0) is 58.0 Å². The largest absolute Gasteiger partial charge is 0.309 e. The zero-order valence-corrected chi connectivity index (χ0v) is 15.6. The van der Waals surface area contributed by atoms with Crippen molar-refractivity contribution < 1.29 is 4.92 Å². The molecule has 6 heteroatoms. The Hall–Kier alpha value is -1.76. The van der Waals surface area contributed by atoms with E-state index in [-0.39, 0.29) is 10.6 Å². The molecule has 1 aromatic carbocycles. The molecule has 0 radical (unpaired) electrons. The van der Waals surface area contributed by atoms with Crippen LogP contribution >= 0.6 is 11.3 Å². The minimum atomic E-state index is -0.310. The number of nitro benzene ring substituents is 1. The number of nitrogens with one attached hydrogen (secondary N) is 1. The third-order valence-corrected chi connectivity index (χ3v) is 5.97. The summed E-state index contributed by atoms with van der Waals surface area (Å²) in [6.07, 6.45) is 2.36.